The Morgan fingerprint density at radius 1 is 1.36 bits per heavy atom. The number of para-hydroxylation sites is 1. The van der Waals surface area contributed by atoms with Crippen molar-refractivity contribution in [3.8, 4) is 6.07 Å². The molecule has 0 aromatic heterocycles. The molecule has 0 aliphatic carbocycles. The Bertz CT molecular complexity index is 414. The molecule has 1 heterocycles. The smallest absolute Gasteiger partial charge is 0.0912 e. The van der Waals surface area contributed by atoms with Crippen LogP contribution in [0.3, 0.4) is 0 Å². The summed E-state index contributed by atoms with van der Waals surface area (Å²) in [7, 11) is 0. The predicted octanol–water partition coefficient (Wildman–Crippen LogP) is 3.13. The van der Waals surface area contributed by atoms with Crippen molar-refractivity contribution in [1.29, 1.82) is 5.26 Å². The first-order valence-electron chi connectivity index (χ1n) is 4.20. The van der Waals surface area contributed by atoms with Gasteiger partial charge in [0, 0.05) is 11.0 Å². The van der Waals surface area contributed by atoms with Crippen LogP contribution in [0.1, 0.15) is 0 Å². The quantitative estimate of drug-likeness (QED) is 0.707. The Labute approximate surface area is 86.9 Å². The van der Waals surface area contributed by atoms with E-state index in [-0.39, 0.29) is 0 Å². The minimum absolute atomic E-state index is 1.05. The number of thioether (sulfide) groups is 1. The molecule has 0 unspecified atom stereocenters. The van der Waals surface area contributed by atoms with Crippen molar-refractivity contribution in [3.05, 3.63) is 47.5 Å². The highest BCUT2D eigenvalue weighted by molar-refractivity contribution is 8.03. The summed E-state index contributed by atoms with van der Waals surface area (Å²) in [5.74, 6) is 0. The van der Waals surface area contributed by atoms with Crippen molar-refractivity contribution in [2.24, 2.45) is 0 Å². The molecular weight excluding hydrogens is 192 g/mol. The van der Waals surface area contributed by atoms with E-state index in [1.807, 2.05) is 30.3 Å². The molecule has 1 N–H and O–H groups in total. The van der Waals surface area contributed by atoms with Gasteiger partial charge in [-0.2, -0.15) is 5.26 Å². The molecule has 0 saturated heterocycles. The first-order valence-corrected chi connectivity index (χ1v) is 5.02. The Kier molecular flexibility index (Phi) is 2.57. The van der Waals surface area contributed by atoms with Gasteiger partial charge in [-0.3, -0.25) is 0 Å². The van der Waals surface area contributed by atoms with Gasteiger partial charge in [-0.05, 0) is 24.3 Å². The average molecular weight is 200 g/mol. The molecule has 0 saturated carbocycles. The third-order valence-electron chi connectivity index (χ3n) is 1.78. The molecule has 0 amide bonds. The van der Waals surface area contributed by atoms with Crippen molar-refractivity contribution < 1.29 is 0 Å². The van der Waals surface area contributed by atoms with Crippen LogP contribution in [0.25, 0.3) is 0 Å². The van der Waals surface area contributed by atoms with Crippen molar-refractivity contribution in [3.63, 3.8) is 0 Å². The van der Waals surface area contributed by atoms with Crippen LogP contribution in [0, 0.1) is 11.3 Å². The van der Waals surface area contributed by atoms with Gasteiger partial charge in [0.25, 0.3) is 0 Å². The fraction of sp³-hybridized carbons (Fsp3) is 0. The summed E-state index contributed by atoms with van der Waals surface area (Å²) in [5.41, 5.74) is 1.13. The monoisotopic (exact) mass is 200 g/mol. The third kappa shape index (κ3) is 1.81. The van der Waals surface area contributed by atoms with E-state index in [1.54, 1.807) is 17.8 Å². The molecule has 0 radical (unpaired) electrons. The van der Waals surface area contributed by atoms with Gasteiger partial charge in [0.05, 0.1) is 16.8 Å². The number of nitrogens with zero attached hydrogens (tertiary/aromatic N) is 1. The summed E-state index contributed by atoms with van der Waals surface area (Å²) in [6.07, 6.45) is 5.09. The summed E-state index contributed by atoms with van der Waals surface area (Å²) in [6, 6.07) is 10.1. The molecule has 14 heavy (non-hydrogen) atoms. The maximum Gasteiger partial charge on any atom is 0.0912 e. The van der Waals surface area contributed by atoms with Gasteiger partial charge in [-0.1, -0.05) is 23.9 Å². The van der Waals surface area contributed by atoms with E-state index in [0.29, 0.717) is 0 Å². The number of hydrogen-bond acceptors (Lipinski definition) is 3. The second kappa shape index (κ2) is 4.03. The number of rotatable bonds is 1. The molecule has 1 aliphatic heterocycles. The summed E-state index contributed by atoms with van der Waals surface area (Å²) in [4.78, 5) is 1.23. The summed E-state index contributed by atoms with van der Waals surface area (Å²) in [5, 5.41) is 12.6. The molecule has 0 spiro atoms. The minimum Gasteiger partial charge on any atom is -0.349 e. The summed E-state index contributed by atoms with van der Waals surface area (Å²) in [6.45, 7) is 0. The topological polar surface area (TPSA) is 35.8 Å². The zero-order chi connectivity index (χ0) is 9.80. The lowest BCUT2D eigenvalue weighted by Crippen LogP contribution is -1.86. The average Bonchev–Trinajstić information content (AvgIpc) is 2.60. The van der Waals surface area contributed by atoms with E-state index in [2.05, 4.69) is 11.4 Å². The molecule has 68 valence electrons. The number of allylic oxidation sites excluding steroid dienone is 3. The van der Waals surface area contributed by atoms with Crippen molar-refractivity contribution >= 4 is 17.4 Å². The Balaban J connectivity index is 2.16. The predicted molar refractivity (Wildman–Crippen MR) is 58.8 cm³/mol. The van der Waals surface area contributed by atoms with E-state index in [9.17, 15) is 0 Å². The fourth-order valence-corrected chi connectivity index (χ4v) is 2.11. The number of nitriles is 1. The number of hydrogen-bond donors (Lipinski definition) is 1. The maximum absolute atomic E-state index is 8.32. The van der Waals surface area contributed by atoms with Crippen molar-refractivity contribution in [2.45, 2.75) is 4.90 Å². The zero-order valence-electron chi connectivity index (χ0n) is 7.40. The maximum atomic E-state index is 8.32. The third-order valence-corrected chi connectivity index (χ3v) is 2.82. The lowest BCUT2D eigenvalue weighted by molar-refractivity contribution is 1.46. The Morgan fingerprint density at radius 2 is 2.21 bits per heavy atom. The van der Waals surface area contributed by atoms with Gasteiger partial charge in [0.2, 0.25) is 0 Å². The molecule has 3 heteroatoms. The van der Waals surface area contributed by atoms with Gasteiger partial charge in [-0.15, -0.1) is 0 Å². The molecule has 0 bridgehead atoms. The van der Waals surface area contributed by atoms with Crippen LogP contribution in [-0.2, 0) is 0 Å². The largest absolute Gasteiger partial charge is 0.349 e. The Hall–Kier alpha value is -1.66. The number of anilines is 1. The minimum atomic E-state index is 1.05. The van der Waals surface area contributed by atoms with E-state index < -0.39 is 0 Å². The van der Waals surface area contributed by atoms with Crippen LogP contribution in [-0.4, -0.2) is 0 Å². The standard InChI is InChI=1S/C11H8N2S/c12-8-4-3-7-11-13-9-5-1-2-6-10(9)14-11/h1-7,13H. The van der Waals surface area contributed by atoms with E-state index >= 15 is 0 Å². The molecule has 0 fully saturated rings. The van der Waals surface area contributed by atoms with Crippen LogP contribution in [0.4, 0.5) is 5.69 Å². The molecule has 1 aliphatic rings. The van der Waals surface area contributed by atoms with Crippen LogP contribution in [0.2, 0.25) is 0 Å². The second-order valence-electron chi connectivity index (χ2n) is 2.74. The second-order valence-corrected chi connectivity index (χ2v) is 3.83. The molecule has 1 aromatic rings. The van der Waals surface area contributed by atoms with Gasteiger partial charge in [0.15, 0.2) is 0 Å². The number of nitrogens with one attached hydrogen (secondary N) is 1. The van der Waals surface area contributed by atoms with Gasteiger partial charge < -0.3 is 5.32 Å². The highest BCUT2D eigenvalue weighted by Gasteiger charge is 2.13. The number of benzene rings is 1. The fourth-order valence-electron chi connectivity index (χ4n) is 1.19. The summed E-state index contributed by atoms with van der Waals surface area (Å²) < 4.78 is 0. The van der Waals surface area contributed by atoms with E-state index in [0.717, 1.165) is 10.7 Å². The van der Waals surface area contributed by atoms with E-state index in [1.165, 1.54) is 11.0 Å². The molecule has 0 atom stereocenters. The molecular formula is C11H8N2S. The molecule has 2 nitrogen and oxygen atoms in total. The van der Waals surface area contributed by atoms with Crippen LogP contribution in [0.15, 0.2) is 52.4 Å². The van der Waals surface area contributed by atoms with Crippen LogP contribution in [0.5, 0.6) is 0 Å². The summed E-state index contributed by atoms with van der Waals surface area (Å²) >= 11 is 1.68. The van der Waals surface area contributed by atoms with Gasteiger partial charge in [0.1, 0.15) is 0 Å². The lowest BCUT2D eigenvalue weighted by Gasteiger charge is -1.94. The van der Waals surface area contributed by atoms with E-state index in [4.69, 9.17) is 5.26 Å². The molecule has 2 rings (SSSR count). The zero-order valence-corrected chi connectivity index (χ0v) is 8.21. The van der Waals surface area contributed by atoms with Gasteiger partial charge in [-0.25, -0.2) is 0 Å². The highest BCUT2D eigenvalue weighted by Crippen LogP contribution is 2.40. The number of fused-ring (bicyclic) bond motifs is 1. The first kappa shape index (κ1) is 8.92. The van der Waals surface area contributed by atoms with Gasteiger partial charge >= 0.3 is 0 Å². The first-order chi connectivity index (χ1) is 6.90. The van der Waals surface area contributed by atoms with Crippen molar-refractivity contribution in [2.75, 3.05) is 5.32 Å². The van der Waals surface area contributed by atoms with Crippen LogP contribution >= 0.6 is 11.8 Å². The highest BCUT2D eigenvalue weighted by atomic mass is 32.2. The SMILES string of the molecule is N#CC=CC=C1Nc2ccccc2S1. The van der Waals surface area contributed by atoms with Crippen molar-refractivity contribution in [1.82, 2.24) is 0 Å². The van der Waals surface area contributed by atoms with Crippen LogP contribution < -0.4 is 5.32 Å². The molecule has 1 aromatic carbocycles. The lowest BCUT2D eigenvalue weighted by atomic mass is 10.3. The Morgan fingerprint density at radius 3 is 3.00 bits per heavy atom. The normalized spacial score (nSPS) is 16.6.